The van der Waals surface area contributed by atoms with Gasteiger partial charge in [0.05, 0.1) is 69.3 Å². The maximum Gasteiger partial charge on any atom is 0.227 e. The van der Waals surface area contributed by atoms with Crippen molar-refractivity contribution in [3.63, 3.8) is 0 Å². The second-order valence-corrected chi connectivity index (χ2v) is 14.8. The molecule has 8 heterocycles. The zero-order chi connectivity index (χ0) is 42.0. The number of nitrogens with zero attached hydrogens (tertiary/aromatic N) is 13. The predicted molar refractivity (Wildman–Crippen MR) is 228 cm³/mol. The van der Waals surface area contributed by atoms with Crippen molar-refractivity contribution in [2.75, 3.05) is 60.7 Å². The minimum Gasteiger partial charge on any atom is -0.366 e. The summed E-state index contributed by atoms with van der Waals surface area (Å²) in [6, 6.07) is 22.6. The third kappa shape index (κ3) is 10.5. The number of aromatic nitrogens is 8. The van der Waals surface area contributed by atoms with Gasteiger partial charge in [0.2, 0.25) is 11.9 Å². The van der Waals surface area contributed by atoms with Crippen molar-refractivity contribution >= 4 is 50.6 Å². The van der Waals surface area contributed by atoms with Crippen LogP contribution in [0.3, 0.4) is 0 Å². The minimum atomic E-state index is -0.867. The molecule has 0 radical (unpaired) electrons. The van der Waals surface area contributed by atoms with E-state index in [0.717, 1.165) is 29.3 Å². The molecule has 0 spiro atoms. The van der Waals surface area contributed by atoms with Crippen LogP contribution in [0, 0.1) is 22.7 Å². The summed E-state index contributed by atoms with van der Waals surface area (Å²) in [5, 5.41) is 26.0. The molecule has 2 fully saturated rings. The van der Waals surface area contributed by atoms with Crippen molar-refractivity contribution in [2.45, 2.75) is 37.1 Å². The molecule has 0 aromatic carbocycles. The number of alkyl halides is 3. The van der Waals surface area contributed by atoms with Crippen LogP contribution in [0.25, 0.3) is 22.8 Å². The van der Waals surface area contributed by atoms with Gasteiger partial charge >= 0.3 is 0 Å². The first-order chi connectivity index (χ1) is 29.2. The molecule has 2 aliphatic rings. The molecule has 2 saturated heterocycles. The van der Waals surface area contributed by atoms with E-state index in [9.17, 15) is 19.3 Å². The highest BCUT2D eigenvalue weighted by Gasteiger charge is 2.26. The van der Waals surface area contributed by atoms with Crippen LogP contribution in [-0.2, 0) is 11.9 Å². The quantitative estimate of drug-likeness (QED) is 0.125. The van der Waals surface area contributed by atoms with Crippen molar-refractivity contribution in [3.8, 4) is 34.9 Å². The normalized spacial score (nSPS) is 15.9. The lowest BCUT2D eigenvalue weighted by atomic mass is 10.2. The van der Waals surface area contributed by atoms with Gasteiger partial charge in [0.15, 0.2) is 11.4 Å². The Kier molecular flexibility index (Phi) is 13.3. The third-order valence-corrected chi connectivity index (χ3v) is 10.1. The van der Waals surface area contributed by atoms with E-state index < -0.39 is 12.3 Å². The summed E-state index contributed by atoms with van der Waals surface area (Å²) < 4.78 is 27.1. The average Bonchev–Trinajstić information content (AvgIpc) is 3.92. The Morgan fingerprint density at radius 1 is 0.650 bits per heavy atom. The van der Waals surface area contributed by atoms with E-state index in [0.29, 0.717) is 90.4 Å². The Bertz CT molecular complexity index is 2490. The Labute approximate surface area is 354 Å². The molecule has 6 aromatic rings. The monoisotopic (exact) mass is 871 g/mol. The van der Waals surface area contributed by atoms with Crippen LogP contribution in [0.5, 0.6) is 0 Å². The van der Waals surface area contributed by atoms with Gasteiger partial charge in [-0.1, -0.05) is 15.9 Å². The highest BCUT2D eigenvalue weighted by molar-refractivity contribution is 9.08. The molecule has 0 saturated carbocycles. The molecule has 0 aliphatic carbocycles. The van der Waals surface area contributed by atoms with E-state index >= 15 is 0 Å². The van der Waals surface area contributed by atoms with Gasteiger partial charge in [0.25, 0.3) is 0 Å². The van der Waals surface area contributed by atoms with Crippen LogP contribution in [0.2, 0.25) is 0 Å². The second kappa shape index (κ2) is 19.3. The molecule has 8 rings (SSSR count). The second-order valence-electron chi connectivity index (χ2n) is 14.2. The fraction of sp³-hybridized carbons (Fsp3) is 0.286. The molecule has 2 N–H and O–H groups in total. The lowest BCUT2D eigenvalue weighted by Crippen LogP contribution is -2.21. The number of anilines is 6. The molecule has 18 heteroatoms. The molecular weight excluding hydrogens is 832 g/mol. The smallest absolute Gasteiger partial charge is 0.227 e. The fourth-order valence-corrected chi connectivity index (χ4v) is 6.94. The number of rotatable bonds is 11. The molecule has 0 bridgehead atoms. The number of nitrogens with one attached hydrogen (secondary N) is 2. The SMILES string of the molecule is CN(C)Cc1ccc(Nc2nccc(-c3ccc(N4CC[C@H](F)C4)c(C#N)n3)n2)cn1.N#Cc1nc(-c2ccnc(Nc3ccc(CBr)nc3)n2)ccc1N1CC[C@H](F)C1. The van der Waals surface area contributed by atoms with E-state index in [-0.39, 0.29) is 11.4 Å². The van der Waals surface area contributed by atoms with E-state index in [1.807, 2.05) is 54.2 Å². The fourth-order valence-electron chi connectivity index (χ4n) is 6.61. The highest BCUT2D eigenvalue weighted by Crippen LogP contribution is 2.29. The van der Waals surface area contributed by atoms with E-state index in [4.69, 9.17) is 0 Å². The topological polar surface area (TPSA) is 184 Å². The van der Waals surface area contributed by atoms with Gasteiger partial charge in [-0.25, -0.2) is 38.7 Å². The number of hydrogen-bond acceptors (Lipinski definition) is 15. The Morgan fingerprint density at radius 3 is 1.50 bits per heavy atom. The largest absolute Gasteiger partial charge is 0.366 e. The number of nitriles is 2. The molecule has 304 valence electrons. The number of hydrogen-bond donors (Lipinski definition) is 2. The van der Waals surface area contributed by atoms with Crippen molar-refractivity contribution < 1.29 is 8.78 Å². The summed E-state index contributed by atoms with van der Waals surface area (Å²) in [6.45, 7) is 2.51. The average molecular weight is 873 g/mol. The lowest BCUT2D eigenvalue weighted by molar-refractivity contribution is 0.364. The molecule has 2 aliphatic heterocycles. The summed E-state index contributed by atoms with van der Waals surface area (Å²) >= 11 is 3.37. The Hall–Kier alpha value is -6.76. The lowest BCUT2D eigenvalue weighted by Gasteiger charge is -2.18. The van der Waals surface area contributed by atoms with Crippen LogP contribution in [0.4, 0.5) is 43.4 Å². The van der Waals surface area contributed by atoms with Gasteiger partial charge < -0.3 is 25.3 Å². The summed E-state index contributed by atoms with van der Waals surface area (Å²) in [4.78, 5) is 40.9. The van der Waals surface area contributed by atoms with Crippen LogP contribution in [0.1, 0.15) is 35.6 Å². The van der Waals surface area contributed by atoms with E-state index in [1.165, 1.54) is 0 Å². The van der Waals surface area contributed by atoms with Gasteiger partial charge in [-0.2, -0.15) is 10.5 Å². The van der Waals surface area contributed by atoms with Crippen LogP contribution in [0.15, 0.2) is 85.5 Å². The summed E-state index contributed by atoms with van der Waals surface area (Å²) in [7, 11) is 3.99. The Morgan fingerprint density at radius 2 is 1.12 bits per heavy atom. The molecule has 6 aromatic heterocycles. The van der Waals surface area contributed by atoms with Gasteiger partial charge in [0.1, 0.15) is 24.5 Å². The predicted octanol–water partition coefficient (Wildman–Crippen LogP) is 7.15. The minimum absolute atomic E-state index is 0.263. The molecule has 15 nitrogen and oxygen atoms in total. The van der Waals surface area contributed by atoms with Crippen LogP contribution in [-0.4, -0.2) is 97.4 Å². The molecule has 0 amide bonds. The Balaban J connectivity index is 0.000000182. The van der Waals surface area contributed by atoms with Crippen molar-refractivity contribution in [3.05, 3.63) is 108 Å². The summed E-state index contributed by atoms with van der Waals surface area (Å²) in [6.07, 6.45) is 5.92. The van der Waals surface area contributed by atoms with E-state index in [1.54, 1.807) is 55.1 Å². The zero-order valence-electron chi connectivity index (χ0n) is 32.8. The maximum absolute atomic E-state index is 13.6. The van der Waals surface area contributed by atoms with Gasteiger partial charge in [-0.05, 0) is 87.6 Å². The first-order valence-electron chi connectivity index (χ1n) is 19.1. The number of pyridine rings is 4. The van der Waals surface area contributed by atoms with Crippen molar-refractivity contribution in [1.82, 2.24) is 44.8 Å². The first kappa shape index (κ1) is 41.4. The molecule has 0 unspecified atom stereocenters. The van der Waals surface area contributed by atoms with Gasteiger partial charge in [0, 0.05) is 50.4 Å². The van der Waals surface area contributed by atoms with Gasteiger partial charge in [-0.15, -0.1) is 0 Å². The van der Waals surface area contributed by atoms with Crippen LogP contribution >= 0.6 is 15.9 Å². The molecule has 2 atom stereocenters. The standard InChI is InChI=1S/C22H23FN8.C20H17BrFN7/c1-30(2)14-17-4-3-16(12-26-17)27-22-25-9-7-19(29-22)18-5-6-21(20(11-24)28-18)31-10-8-15(23)13-31;21-9-14-1-2-15(11-25-14)26-20-24-7-5-17(28-20)16-3-4-19(18(10-23)27-16)29-8-6-13(22)12-29/h3-7,9,12,15H,8,10,13-14H2,1-2H3,(H,25,27,29);1-5,7,11,13H,6,8-9,12H2,(H,24,26,28)/t15-;13-/m00/s1. The van der Waals surface area contributed by atoms with Gasteiger partial charge in [-0.3, -0.25) is 9.97 Å². The summed E-state index contributed by atoms with van der Waals surface area (Å²) in [5.74, 6) is 0.809. The number of halogens is 3. The third-order valence-electron chi connectivity index (χ3n) is 9.52. The zero-order valence-corrected chi connectivity index (χ0v) is 34.4. The van der Waals surface area contributed by atoms with E-state index in [2.05, 4.69) is 83.5 Å². The first-order valence-corrected chi connectivity index (χ1v) is 20.2. The maximum atomic E-state index is 13.6. The highest BCUT2D eigenvalue weighted by atomic mass is 79.9. The van der Waals surface area contributed by atoms with Crippen molar-refractivity contribution in [2.24, 2.45) is 0 Å². The molecular formula is C42H40BrF2N15. The van der Waals surface area contributed by atoms with Crippen LogP contribution < -0.4 is 20.4 Å². The summed E-state index contributed by atoms with van der Waals surface area (Å²) in [5.41, 5.74) is 7.55. The molecule has 60 heavy (non-hydrogen) atoms. The van der Waals surface area contributed by atoms with Crippen molar-refractivity contribution in [1.29, 1.82) is 10.5 Å².